The maximum absolute atomic E-state index is 13.4. The van der Waals surface area contributed by atoms with E-state index >= 15 is 0 Å². The molecule has 118 valence electrons. The van der Waals surface area contributed by atoms with Crippen LogP contribution in [0.1, 0.15) is 30.1 Å². The van der Waals surface area contributed by atoms with Crippen LogP contribution in [0.5, 0.6) is 0 Å². The number of rotatable bonds is 4. The molecule has 1 aliphatic rings. The van der Waals surface area contributed by atoms with Crippen LogP contribution in [0.3, 0.4) is 0 Å². The van der Waals surface area contributed by atoms with Crippen molar-refractivity contribution in [1.82, 2.24) is 14.9 Å². The summed E-state index contributed by atoms with van der Waals surface area (Å²) in [7, 11) is 0. The number of halogens is 1. The van der Waals surface area contributed by atoms with Crippen LogP contribution in [0.4, 0.5) is 4.39 Å². The monoisotopic (exact) mass is 303 g/mol. The average molecular weight is 303 g/mol. The first-order chi connectivity index (χ1) is 10.7. The van der Waals surface area contributed by atoms with Crippen LogP contribution in [0.2, 0.25) is 0 Å². The molecule has 2 heterocycles. The lowest BCUT2D eigenvalue weighted by Gasteiger charge is -2.22. The Hall–Kier alpha value is -1.72. The first kappa shape index (κ1) is 15.2. The van der Waals surface area contributed by atoms with Crippen molar-refractivity contribution in [3.05, 3.63) is 41.6 Å². The van der Waals surface area contributed by atoms with Gasteiger partial charge in [0.1, 0.15) is 11.6 Å². The van der Waals surface area contributed by atoms with E-state index in [0.29, 0.717) is 18.0 Å². The standard InChI is InChI=1S/C17H22FN3O/c1-12-10-14(2-3-15(12)18)16-11-21(8-9-22)17(20-16)13-4-6-19-7-5-13/h2-3,10-11,13,19,22H,4-9H2,1H3. The summed E-state index contributed by atoms with van der Waals surface area (Å²) in [5.74, 6) is 1.26. The van der Waals surface area contributed by atoms with Gasteiger partial charge in [-0.3, -0.25) is 0 Å². The van der Waals surface area contributed by atoms with Crippen LogP contribution in [0.25, 0.3) is 11.3 Å². The molecule has 1 aromatic carbocycles. The smallest absolute Gasteiger partial charge is 0.126 e. The number of piperidine rings is 1. The molecule has 3 rings (SSSR count). The summed E-state index contributed by atoms with van der Waals surface area (Å²) in [6.07, 6.45) is 4.09. The number of hydrogen-bond donors (Lipinski definition) is 2. The third kappa shape index (κ3) is 3.05. The topological polar surface area (TPSA) is 50.1 Å². The van der Waals surface area contributed by atoms with Gasteiger partial charge in [-0.2, -0.15) is 0 Å². The van der Waals surface area contributed by atoms with E-state index in [0.717, 1.165) is 43.0 Å². The Kier molecular flexibility index (Phi) is 4.55. The van der Waals surface area contributed by atoms with Gasteiger partial charge in [-0.25, -0.2) is 9.37 Å². The van der Waals surface area contributed by atoms with Gasteiger partial charge in [0.15, 0.2) is 0 Å². The van der Waals surface area contributed by atoms with Crippen molar-refractivity contribution in [2.24, 2.45) is 0 Å². The van der Waals surface area contributed by atoms with Gasteiger partial charge >= 0.3 is 0 Å². The summed E-state index contributed by atoms with van der Waals surface area (Å²) < 4.78 is 15.5. The third-order valence-electron chi connectivity index (χ3n) is 4.31. The van der Waals surface area contributed by atoms with Gasteiger partial charge in [0.2, 0.25) is 0 Å². The highest BCUT2D eigenvalue weighted by Gasteiger charge is 2.21. The summed E-state index contributed by atoms with van der Waals surface area (Å²) in [4.78, 5) is 4.80. The fraction of sp³-hybridized carbons (Fsp3) is 0.471. The van der Waals surface area contributed by atoms with Crippen molar-refractivity contribution in [3.63, 3.8) is 0 Å². The Labute approximate surface area is 130 Å². The number of benzene rings is 1. The van der Waals surface area contributed by atoms with Crippen LogP contribution >= 0.6 is 0 Å². The molecule has 0 radical (unpaired) electrons. The second-order valence-corrected chi connectivity index (χ2v) is 5.89. The van der Waals surface area contributed by atoms with Crippen LogP contribution in [0.15, 0.2) is 24.4 Å². The fourth-order valence-electron chi connectivity index (χ4n) is 3.07. The Morgan fingerprint density at radius 3 is 2.82 bits per heavy atom. The molecule has 5 heteroatoms. The molecule has 4 nitrogen and oxygen atoms in total. The molecule has 0 unspecified atom stereocenters. The lowest BCUT2D eigenvalue weighted by atomic mass is 9.97. The van der Waals surface area contributed by atoms with Crippen LogP contribution in [0, 0.1) is 12.7 Å². The summed E-state index contributed by atoms with van der Waals surface area (Å²) in [5.41, 5.74) is 2.40. The van der Waals surface area contributed by atoms with E-state index in [2.05, 4.69) is 5.32 Å². The molecule has 0 amide bonds. The summed E-state index contributed by atoms with van der Waals surface area (Å²) in [6.45, 7) is 4.41. The molecule has 0 atom stereocenters. The third-order valence-corrected chi connectivity index (χ3v) is 4.31. The molecule has 1 fully saturated rings. The first-order valence-electron chi connectivity index (χ1n) is 7.84. The number of aryl methyl sites for hydroxylation is 1. The highest BCUT2D eigenvalue weighted by Crippen LogP contribution is 2.28. The van der Waals surface area contributed by atoms with Gasteiger partial charge in [-0.05, 0) is 56.6 Å². The minimum absolute atomic E-state index is 0.0935. The molecule has 2 aromatic rings. The minimum atomic E-state index is -0.197. The minimum Gasteiger partial charge on any atom is -0.395 e. The van der Waals surface area contributed by atoms with E-state index in [4.69, 9.17) is 4.98 Å². The van der Waals surface area contributed by atoms with Crippen molar-refractivity contribution >= 4 is 0 Å². The number of aliphatic hydroxyl groups is 1. The van der Waals surface area contributed by atoms with Crippen LogP contribution in [-0.4, -0.2) is 34.4 Å². The lowest BCUT2D eigenvalue weighted by Crippen LogP contribution is -2.28. The van der Waals surface area contributed by atoms with Crippen LogP contribution in [-0.2, 0) is 6.54 Å². The molecule has 0 spiro atoms. The summed E-state index contributed by atoms with van der Waals surface area (Å²) >= 11 is 0. The Morgan fingerprint density at radius 2 is 2.14 bits per heavy atom. The highest BCUT2D eigenvalue weighted by molar-refractivity contribution is 5.60. The van der Waals surface area contributed by atoms with Gasteiger partial charge in [-0.1, -0.05) is 0 Å². The van der Waals surface area contributed by atoms with Crippen molar-refractivity contribution in [2.75, 3.05) is 19.7 Å². The Balaban J connectivity index is 1.96. The van der Waals surface area contributed by atoms with E-state index in [9.17, 15) is 9.50 Å². The molecular formula is C17H22FN3O. The zero-order valence-electron chi connectivity index (χ0n) is 12.8. The van der Waals surface area contributed by atoms with Crippen molar-refractivity contribution in [2.45, 2.75) is 32.2 Å². The SMILES string of the molecule is Cc1cc(-c2cn(CCO)c(C3CCNCC3)n2)ccc1F. The van der Waals surface area contributed by atoms with Gasteiger partial charge in [0.05, 0.1) is 12.3 Å². The van der Waals surface area contributed by atoms with Crippen molar-refractivity contribution in [3.8, 4) is 11.3 Å². The number of nitrogens with one attached hydrogen (secondary N) is 1. The molecular weight excluding hydrogens is 281 g/mol. The zero-order valence-corrected chi connectivity index (χ0v) is 12.8. The normalized spacial score (nSPS) is 16.1. The molecule has 0 aliphatic carbocycles. The lowest BCUT2D eigenvalue weighted by molar-refractivity contribution is 0.271. The largest absolute Gasteiger partial charge is 0.395 e. The number of aromatic nitrogens is 2. The zero-order chi connectivity index (χ0) is 15.5. The van der Waals surface area contributed by atoms with E-state index in [1.165, 1.54) is 6.07 Å². The maximum Gasteiger partial charge on any atom is 0.126 e. The molecule has 0 bridgehead atoms. The molecule has 1 saturated heterocycles. The van der Waals surface area contributed by atoms with Crippen LogP contribution < -0.4 is 5.32 Å². The summed E-state index contributed by atoms with van der Waals surface area (Å²) in [6, 6.07) is 5.08. The quantitative estimate of drug-likeness (QED) is 0.912. The van der Waals surface area contributed by atoms with E-state index in [-0.39, 0.29) is 12.4 Å². The van der Waals surface area contributed by atoms with Gasteiger partial charge < -0.3 is 15.0 Å². The number of imidazole rings is 1. The molecule has 2 N–H and O–H groups in total. The molecule has 1 aromatic heterocycles. The van der Waals surface area contributed by atoms with Crippen molar-refractivity contribution < 1.29 is 9.50 Å². The first-order valence-corrected chi connectivity index (χ1v) is 7.84. The predicted octanol–water partition coefficient (Wildman–Crippen LogP) is 2.46. The number of nitrogens with zero attached hydrogens (tertiary/aromatic N) is 2. The molecule has 22 heavy (non-hydrogen) atoms. The Morgan fingerprint density at radius 1 is 1.36 bits per heavy atom. The van der Waals surface area contributed by atoms with Gasteiger partial charge in [0.25, 0.3) is 0 Å². The summed E-state index contributed by atoms with van der Waals surface area (Å²) in [5, 5.41) is 12.7. The van der Waals surface area contributed by atoms with E-state index in [1.807, 2.05) is 16.8 Å². The molecule has 0 saturated carbocycles. The second-order valence-electron chi connectivity index (χ2n) is 5.89. The fourth-order valence-corrected chi connectivity index (χ4v) is 3.07. The van der Waals surface area contributed by atoms with Gasteiger partial charge in [-0.15, -0.1) is 0 Å². The Bertz CT molecular complexity index is 647. The number of aliphatic hydroxyl groups excluding tert-OH is 1. The number of hydrogen-bond acceptors (Lipinski definition) is 3. The second kappa shape index (κ2) is 6.58. The highest BCUT2D eigenvalue weighted by atomic mass is 19.1. The van der Waals surface area contributed by atoms with E-state index < -0.39 is 0 Å². The maximum atomic E-state index is 13.4. The average Bonchev–Trinajstić information content (AvgIpc) is 2.95. The van der Waals surface area contributed by atoms with Crippen molar-refractivity contribution in [1.29, 1.82) is 0 Å². The predicted molar refractivity (Wildman–Crippen MR) is 84.3 cm³/mol. The molecule has 1 aliphatic heterocycles. The van der Waals surface area contributed by atoms with E-state index in [1.54, 1.807) is 13.0 Å². The van der Waals surface area contributed by atoms with Gasteiger partial charge in [0, 0.05) is 24.2 Å².